The van der Waals surface area contributed by atoms with Crippen LogP contribution in [0.1, 0.15) is 16.8 Å². The van der Waals surface area contributed by atoms with E-state index in [1.165, 1.54) is 16.3 Å². The first-order valence-corrected chi connectivity index (χ1v) is 8.68. The molecule has 0 atom stereocenters. The van der Waals surface area contributed by atoms with Gasteiger partial charge in [-0.2, -0.15) is 0 Å². The maximum atomic E-state index is 11.8. The molecular formula is C18H16N4OS. The summed E-state index contributed by atoms with van der Waals surface area (Å²) >= 11 is 1.62. The second-order valence-corrected chi connectivity index (χ2v) is 6.68. The van der Waals surface area contributed by atoms with E-state index in [0.717, 1.165) is 16.6 Å². The van der Waals surface area contributed by atoms with Crippen molar-refractivity contribution < 1.29 is 0 Å². The van der Waals surface area contributed by atoms with E-state index in [4.69, 9.17) is 0 Å². The highest BCUT2D eigenvalue weighted by Crippen LogP contribution is 2.27. The summed E-state index contributed by atoms with van der Waals surface area (Å²) in [6.07, 6.45) is 0. The Bertz CT molecular complexity index is 1110. The summed E-state index contributed by atoms with van der Waals surface area (Å²) in [6.45, 7) is 3.73. The van der Waals surface area contributed by atoms with Gasteiger partial charge in [-0.05, 0) is 30.2 Å². The van der Waals surface area contributed by atoms with Crippen LogP contribution in [-0.4, -0.2) is 19.6 Å². The van der Waals surface area contributed by atoms with Crippen LogP contribution in [0.5, 0.6) is 0 Å². The average Bonchev–Trinajstić information content (AvgIpc) is 3.00. The Hall–Kier alpha value is -2.60. The molecule has 24 heavy (non-hydrogen) atoms. The van der Waals surface area contributed by atoms with Crippen molar-refractivity contribution >= 4 is 28.3 Å². The Labute approximate surface area is 142 Å². The summed E-state index contributed by atoms with van der Waals surface area (Å²) in [5, 5.41) is 11.6. The summed E-state index contributed by atoms with van der Waals surface area (Å²) in [6, 6.07) is 14.7. The van der Waals surface area contributed by atoms with Gasteiger partial charge in [0.05, 0.1) is 0 Å². The third-order valence-electron chi connectivity index (χ3n) is 4.31. The molecular weight excluding hydrogens is 320 g/mol. The molecule has 4 aromatic rings. The van der Waals surface area contributed by atoms with Crippen LogP contribution in [0.25, 0.3) is 16.6 Å². The van der Waals surface area contributed by atoms with Crippen LogP contribution >= 0.6 is 11.8 Å². The lowest BCUT2D eigenvalue weighted by Gasteiger charge is -2.07. The number of fused-ring (bicyclic) bond motifs is 2. The number of nitrogens with zero attached hydrogens (tertiary/aromatic N) is 3. The van der Waals surface area contributed by atoms with E-state index in [-0.39, 0.29) is 5.56 Å². The van der Waals surface area contributed by atoms with Crippen molar-refractivity contribution in [2.45, 2.75) is 24.8 Å². The highest BCUT2D eigenvalue weighted by Gasteiger charge is 2.13. The van der Waals surface area contributed by atoms with E-state index in [1.807, 2.05) is 24.3 Å². The van der Waals surface area contributed by atoms with E-state index in [0.29, 0.717) is 11.3 Å². The lowest BCUT2D eigenvalue weighted by molar-refractivity contribution is 0.875. The number of rotatable bonds is 3. The van der Waals surface area contributed by atoms with Gasteiger partial charge in [0.25, 0.3) is 5.56 Å². The summed E-state index contributed by atoms with van der Waals surface area (Å²) in [5.41, 5.74) is 2.71. The van der Waals surface area contributed by atoms with Crippen molar-refractivity contribution in [3.05, 3.63) is 69.6 Å². The standard InChI is InChI=1S/C18H16N4OS/c1-11-12(2)22-17(19-16(11)23)20-21-18(22)24-10-14-8-5-7-13-6-3-4-9-15(13)14/h3-9H,10H2,1-2H3,(H,19,20,23). The zero-order chi connectivity index (χ0) is 16.7. The molecule has 0 spiro atoms. The van der Waals surface area contributed by atoms with Gasteiger partial charge < -0.3 is 0 Å². The molecule has 0 radical (unpaired) electrons. The van der Waals surface area contributed by atoms with Gasteiger partial charge >= 0.3 is 0 Å². The molecule has 0 aliphatic carbocycles. The Morgan fingerprint density at radius 3 is 2.75 bits per heavy atom. The fraction of sp³-hybridized carbons (Fsp3) is 0.167. The number of hydrogen-bond donors (Lipinski definition) is 1. The van der Waals surface area contributed by atoms with E-state index in [2.05, 4.69) is 51.6 Å². The largest absolute Gasteiger partial charge is 0.290 e. The van der Waals surface area contributed by atoms with Crippen LogP contribution in [0.4, 0.5) is 0 Å². The molecule has 2 aromatic carbocycles. The lowest BCUT2D eigenvalue weighted by atomic mass is 10.1. The lowest BCUT2D eigenvalue weighted by Crippen LogP contribution is -2.15. The molecule has 2 heterocycles. The molecule has 0 saturated carbocycles. The summed E-state index contributed by atoms with van der Waals surface area (Å²) < 4.78 is 1.91. The quantitative estimate of drug-likeness (QED) is 0.582. The van der Waals surface area contributed by atoms with E-state index >= 15 is 0 Å². The minimum atomic E-state index is -0.113. The third kappa shape index (κ3) is 2.39. The van der Waals surface area contributed by atoms with Gasteiger partial charge in [0.1, 0.15) is 0 Å². The topological polar surface area (TPSA) is 63.1 Å². The van der Waals surface area contributed by atoms with Crippen molar-refractivity contribution in [1.82, 2.24) is 19.6 Å². The second-order valence-electron chi connectivity index (χ2n) is 5.73. The van der Waals surface area contributed by atoms with Gasteiger partial charge in [0, 0.05) is 17.0 Å². The zero-order valence-electron chi connectivity index (χ0n) is 13.4. The van der Waals surface area contributed by atoms with Crippen LogP contribution in [-0.2, 0) is 5.75 Å². The molecule has 0 aliphatic heterocycles. The monoisotopic (exact) mass is 336 g/mol. The Morgan fingerprint density at radius 1 is 1.08 bits per heavy atom. The molecule has 6 heteroatoms. The van der Waals surface area contributed by atoms with Crippen LogP contribution in [0, 0.1) is 13.8 Å². The van der Waals surface area contributed by atoms with E-state index in [1.54, 1.807) is 11.8 Å². The van der Waals surface area contributed by atoms with Crippen molar-refractivity contribution in [2.24, 2.45) is 0 Å². The maximum absolute atomic E-state index is 11.8. The molecule has 2 aromatic heterocycles. The van der Waals surface area contributed by atoms with Crippen LogP contribution in [0.3, 0.4) is 0 Å². The van der Waals surface area contributed by atoms with Gasteiger partial charge in [-0.3, -0.25) is 14.2 Å². The average molecular weight is 336 g/mol. The van der Waals surface area contributed by atoms with Crippen LogP contribution in [0.15, 0.2) is 52.4 Å². The van der Waals surface area contributed by atoms with E-state index < -0.39 is 0 Å². The van der Waals surface area contributed by atoms with Gasteiger partial charge in [-0.1, -0.05) is 54.2 Å². The van der Waals surface area contributed by atoms with Crippen LogP contribution < -0.4 is 5.56 Å². The van der Waals surface area contributed by atoms with Gasteiger partial charge in [0.2, 0.25) is 5.78 Å². The molecule has 4 rings (SSSR count). The highest BCUT2D eigenvalue weighted by molar-refractivity contribution is 7.98. The molecule has 0 amide bonds. The Kier molecular flexibility index (Phi) is 3.61. The van der Waals surface area contributed by atoms with Crippen molar-refractivity contribution in [3.63, 3.8) is 0 Å². The van der Waals surface area contributed by atoms with Crippen LogP contribution in [0.2, 0.25) is 0 Å². The first-order valence-electron chi connectivity index (χ1n) is 7.69. The fourth-order valence-electron chi connectivity index (χ4n) is 2.83. The number of aromatic nitrogens is 4. The van der Waals surface area contributed by atoms with Crippen molar-refractivity contribution in [2.75, 3.05) is 0 Å². The number of thioether (sulfide) groups is 1. The van der Waals surface area contributed by atoms with Crippen molar-refractivity contribution in [3.8, 4) is 0 Å². The molecule has 0 saturated heterocycles. The molecule has 0 fully saturated rings. The maximum Gasteiger partial charge on any atom is 0.255 e. The Morgan fingerprint density at radius 2 is 1.88 bits per heavy atom. The van der Waals surface area contributed by atoms with Gasteiger partial charge in [-0.25, -0.2) is 0 Å². The molecule has 0 bridgehead atoms. The third-order valence-corrected chi connectivity index (χ3v) is 5.29. The molecule has 5 nitrogen and oxygen atoms in total. The zero-order valence-corrected chi connectivity index (χ0v) is 14.2. The number of H-pyrrole nitrogens is 1. The SMILES string of the molecule is Cc1c(C)n2c(SCc3cccc4ccccc34)nnc2[nH]c1=O. The highest BCUT2D eigenvalue weighted by atomic mass is 32.2. The minimum Gasteiger partial charge on any atom is -0.290 e. The Balaban J connectivity index is 1.73. The number of hydrogen-bond acceptors (Lipinski definition) is 4. The second kappa shape index (κ2) is 5.79. The molecule has 120 valence electrons. The summed E-state index contributed by atoms with van der Waals surface area (Å²) in [7, 11) is 0. The predicted octanol–water partition coefficient (Wildman–Crippen LogP) is 3.48. The van der Waals surface area contributed by atoms with Gasteiger partial charge in [-0.15, -0.1) is 10.2 Å². The first-order chi connectivity index (χ1) is 11.6. The smallest absolute Gasteiger partial charge is 0.255 e. The fourth-order valence-corrected chi connectivity index (χ4v) is 3.82. The summed E-state index contributed by atoms with van der Waals surface area (Å²) in [5.74, 6) is 1.28. The number of aryl methyl sites for hydroxylation is 1. The van der Waals surface area contributed by atoms with Crippen molar-refractivity contribution in [1.29, 1.82) is 0 Å². The summed E-state index contributed by atoms with van der Waals surface area (Å²) in [4.78, 5) is 14.6. The van der Waals surface area contributed by atoms with E-state index in [9.17, 15) is 4.79 Å². The molecule has 1 N–H and O–H groups in total. The van der Waals surface area contributed by atoms with Gasteiger partial charge in [0.15, 0.2) is 5.16 Å². The molecule has 0 aliphatic rings. The predicted molar refractivity (Wildman–Crippen MR) is 96.6 cm³/mol. The molecule has 0 unspecified atom stereocenters. The number of aromatic amines is 1. The normalized spacial score (nSPS) is 11.4. The number of benzene rings is 2. The first kappa shape index (κ1) is 15.0. The number of nitrogens with one attached hydrogen (secondary N) is 1. The minimum absolute atomic E-state index is 0.113.